The molecule has 0 spiro atoms. The van der Waals surface area contributed by atoms with Crippen LogP contribution in [0.2, 0.25) is 0 Å². The van der Waals surface area contributed by atoms with Crippen LogP contribution in [0, 0.1) is 10.1 Å². The summed E-state index contributed by atoms with van der Waals surface area (Å²) >= 11 is 5.04. The van der Waals surface area contributed by atoms with Crippen LogP contribution in [0.5, 0.6) is 5.75 Å². The first-order chi connectivity index (χ1) is 11.5. The number of rotatable bonds is 6. The Kier molecular flexibility index (Phi) is 5.79. The Morgan fingerprint density at radius 3 is 2.46 bits per heavy atom. The summed E-state index contributed by atoms with van der Waals surface area (Å²) in [4.78, 5) is 10.4. The smallest absolute Gasteiger partial charge is 0.387 e. The van der Waals surface area contributed by atoms with Crippen LogP contribution in [-0.2, 0) is 0 Å². The molecule has 0 bridgehead atoms. The SMILES string of the molecule is O=[N+]([O-])c1ccccc1NNC(=S)Nc1ccc(OC(F)F)cc1. The van der Waals surface area contributed by atoms with Crippen molar-refractivity contribution < 1.29 is 18.4 Å². The number of benzene rings is 2. The van der Waals surface area contributed by atoms with Crippen LogP contribution in [0.3, 0.4) is 0 Å². The first-order valence-electron chi connectivity index (χ1n) is 6.57. The topological polar surface area (TPSA) is 88.5 Å². The van der Waals surface area contributed by atoms with Crippen molar-refractivity contribution in [2.75, 3.05) is 10.7 Å². The van der Waals surface area contributed by atoms with Crippen LogP contribution in [0.1, 0.15) is 0 Å². The van der Waals surface area contributed by atoms with E-state index in [0.29, 0.717) is 5.69 Å². The molecule has 0 amide bonds. The van der Waals surface area contributed by atoms with Gasteiger partial charge in [-0.2, -0.15) is 8.78 Å². The maximum Gasteiger partial charge on any atom is 0.387 e. The molecule has 0 aromatic heterocycles. The minimum absolute atomic E-state index is 0.0208. The van der Waals surface area contributed by atoms with Crippen LogP contribution in [0.25, 0.3) is 0 Å². The lowest BCUT2D eigenvalue weighted by molar-refractivity contribution is -0.384. The van der Waals surface area contributed by atoms with Crippen LogP contribution >= 0.6 is 12.2 Å². The highest BCUT2D eigenvalue weighted by molar-refractivity contribution is 7.80. The number of ether oxygens (including phenoxy) is 1. The quantitative estimate of drug-likeness (QED) is 0.416. The lowest BCUT2D eigenvalue weighted by atomic mass is 10.3. The standard InChI is InChI=1S/C14H12F2N4O3S/c15-13(16)23-10-7-5-9(6-8-10)17-14(24)19-18-11-3-1-2-4-12(11)20(21)22/h1-8,13,18H,(H2,17,19,24). The number of hydrogen-bond acceptors (Lipinski definition) is 5. The number of nitro groups is 1. The van der Waals surface area contributed by atoms with Crippen molar-refractivity contribution in [2.45, 2.75) is 6.61 Å². The van der Waals surface area contributed by atoms with E-state index in [9.17, 15) is 18.9 Å². The molecule has 0 aliphatic carbocycles. The van der Waals surface area contributed by atoms with Crippen molar-refractivity contribution in [1.29, 1.82) is 0 Å². The maximum absolute atomic E-state index is 12.1. The molecule has 7 nitrogen and oxygen atoms in total. The molecule has 2 rings (SSSR count). The third-order valence-corrected chi connectivity index (χ3v) is 2.95. The fraction of sp³-hybridized carbons (Fsp3) is 0.0714. The first-order valence-corrected chi connectivity index (χ1v) is 6.98. The number of alkyl halides is 2. The summed E-state index contributed by atoms with van der Waals surface area (Å²) in [6, 6.07) is 11.7. The van der Waals surface area contributed by atoms with Gasteiger partial charge in [-0.25, -0.2) is 0 Å². The van der Waals surface area contributed by atoms with Gasteiger partial charge in [0.2, 0.25) is 0 Å². The van der Waals surface area contributed by atoms with E-state index in [2.05, 4.69) is 20.9 Å². The monoisotopic (exact) mass is 354 g/mol. The molecule has 2 aromatic rings. The Morgan fingerprint density at radius 1 is 1.17 bits per heavy atom. The van der Waals surface area contributed by atoms with Gasteiger partial charge in [-0.15, -0.1) is 0 Å². The van der Waals surface area contributed by atoms with Gasteiger partial charge in [0, 0.05) is 11.8 Å². The molecule has 0 radical (unpaired) electrons. The third kappa shape index (κ3) is 5.02. The van der Waals surface area contributed by atoms with E-state index >= 15 is 0 Å². The van der Waals surface area contributed by atoms with Crippen LogP contribution < -0.4 is 20.9 Å². The summed E-state index contributed by atoms with van der Waals surface area (Å²) in [5.74, 6) is 0.0208. The molecule has 0 aliphatic heterocycles. The number of nitro benzene ring substituents is 1. The highest BCUT2D eigenvalue weighted by atomic mass is 32.1. The molecule has 0 aliphatic rings. The Labute approximate surface area is 140 Å². The first kappa shape index (κ1) is 17.3. The molecule has 2 aromatic carbocycles. The third-order valence-electron chi connectivity index (χ3n) is 2.75. The number of hydrazine groups is 1. The molecule has 3 N–H and O–H groups in total. The number of anilines is 2. The van der Waals surface area contributed by atoms with Gasteiger partial charge in [0.15, 0.2) is 5.11 Å². The zero-order chi connectivity index (χ0) is 17.5. The van der Waals surface area contributed by atoms with Gasteiger partial charge in [0.1, 0.15) is 11.4 Å². The average molecular weight is 354 g/mol. The Bertz CT molecular complexity index is 728. The summed E-state index contributed by atoms with van der Waals surface area (Å²) in [7, 11) is 0. The van der Waals surface area contributed by atoms with E-state index < -0.39 is 11.5 Å². The predicted octanol–water partition coefficient (Wildman–Crippen LogP) is 3.51. The minimum atomic E-state index is -2.89. The van der Waals surface area contributed by atoms with E-state index in [1.165, 1.54) is 36.4 Å². The van der Waals surface area contributed by atoms with Gasteiger partial charge in [-0.1, -0.05) is 12.1 Å². The number of nitrogens with one attached hydrogen (secondary N) is 3. The molecular formula is C14H12F2N4O3S. The number of nitrogens with zero attached hydrogens (tertiary/aromatic N) is 1. The second-order valence-corrected chi connectivity index (χ2v) is 4.79. The zero-order valence-corrected chi connectivity index (χ0v) is 12.8. The molecular weight excluding hydrogens is 342 g/mol. The van der Waals surface area contributed by atoms with Crippen molar-refractivity contribution in [3.05, 3.63) is 58.6 Å². The molecule has 0 unspecified atom stereocenters. The van der Waals surface area contributed by atoms with Gasteiger partial charge in [0.05, 0.1) is 4.92 Å². The lowest BCUT2D eigenvalue weighted by Gasteiger charge is -2.13. The molecule has 0 saturated carbocycles. The fourth-order valence-electron chi connectivity index (χ4n) is 1.74. The highest BCUT2D eigenvalue weighted by Gasteiger charge is 2.12. The van der Waals surface area contributed by atoms with Crippen LogP contribution in [-0.4, -0.2) is 16.6 Å². The average Bonchev–Trinajstić information content (AvgIpc) is 2.54. The maximum atomic E-state index is 12.1. The summed E-state index contributed by atoms with van der Waals surface area (Å²) in [5.41, 5.74) is 5.90. The van der Waals surface area contributed by atoms with Gasteiger partial charge in [0.25, 0.3) is 5.69 Å². The van der Waals surface area contributed by atoms with Gasteiger partial charge < -0.3 is 10.1 Å². The van der Waals surface area contributed by atoms with E-state index in [-0.39, 0.29) is 22.2 Å². The number of halogens is 2. The second-order valence-electron chi connectivity index (χ2n) is 4.38. The second kappa shape index (κ2) is 8.02. The largest absolute Gasteiger partial charge is 0.435 e. The Hall–Kier alpha value is -3.01. The Morgan fingerprint density at radius 2 is 1.83 bits per heavy atom. The molecule has 10 heteroatoms. The minimum Gasteiger partial charge on any atom is -0.435 e. The van der Waals surface area contributed by atoms with Crippen molar-refractivity contribution >= 4 is 34.4 Å². The van der Waals surface area contributed by atoms with E-state index in [4.69, 9.17) is 12.2 Å². The van der Waals surface area contributed by atoms with E-state index in [0.717, 1.165) is 0 Å². The summed E-state index contributed by atoms with van der Waals surface area (Å²) < 4.78 is 28.3. The van der Waals surface area contributed by atoms with Crippen molar-refractivity contribution in [3.8, 4) is 5.75 Å². The summed E-state index contributed by atoms with van der Waals surface area (Å²) in [6.07, 6.45) is 0. The number of thiocarbonyl (C=S) groups is 1. The van der Waals surface area contributed by atoms with Crippen molar-refractivity contribution in [3.63, 3.8) is 0 Å². The summed E-state index contributed by atoms with van der Waals surface area (Å²) in [6.45, 7) is -2.89. The van der Waals surface area contributed by atoms with Crippen LogP contribution in [0.15, 0.2) is 48.5 Å². The van der Waals surface area contributed by atoms with Gasteiger partial charge in [-0.05, 0) is 42.5 Å². The predicted molar refractivity (Wildman–Crippen MR) is 89.1 cm³/mol. The highest BCUT2D eigenvalue weighted by Crippen LogP contribution is 2.22. The molecule has 0 heterocycles. The molecule has 0 atom stereocenters. The fourth-order valence-corrected chi connectivity index (χ4v) is 1.91. The molecule has 24 heavy (non-hydrogen) atoms. The zero-order valence-electron chi connectivity index (χ0n) is 12.0. The van der Waals surface area contributed by atoms with E-state index in [1.807, 2.05) is 0 Å². The molecule has 0 fully saturated rings. The van der Waals surface area contributed by atoms with Gasteiger partial charge in [-0.3, -0.25) is 21.0 Å². The lowest BCUT2D eigenvalue weighted by Crippen LogP contribution is -2.33. The van der Waals surface area contributed by atoms with Crippen molar-refractivity contribution in [1.82, 2.24) is 5.43 Å². The normalized spacial score (nSPS) is 10.1. The number of para-hydroxylation sites is 2. The van der Waals surface area contributed by atoms with Gasteiger partial charge >= 0.3 is 6.61 Å². The number of hydrogen-bond donors (Lipinski definition) is 3. The van der Waals surface area contributed by atoms with Crippen molar-refractivity contribution in [2.24, 2.45) is 0 Å². The molecule has 126 valence electrons. The van der Waals surface area contributed by atoms with E-state index in [1.54, 1.807) is 12.1 Å². The molecule has 0 saturated heterocycles. The Balaban J connectivity index is 1.91. The summed E-state index contributed by atoms with van der Waals surface area (Å²) in [5, 5.41) is 13.8. The van der Waals surface area contributed by atoms with Crippen LogP contribution in [0.4, 0.5) is 25.8 Å².